The molecular weight excluding hydrogens is 617 g/mol. The zero-order valence-corrected chi connectivity index (χ0v) is 28.0. The molecule has 2 unspecified atom stereocenters. The Hall–Kier alpha value is -6.28. The van der Waals surface area contributed by atoms with Gasteiger partial charge in [-0.25, -0.2) is 0 Å². The van der Waals surface area contributed by atoms with Gasteiger partial charge in [0.15, 0.2) is 0 Å². The molecule has 0 radical (unpaired) electrons. The van der Waals surface area contributed by atoms with E-state index < -0.39 is 11.2 Å². The first-order valence-electron chi connectivity index (χ1n) is 17.7. The highest BCUT2D eigenvalue weighted by atomic mass is 16.5. The zero-order chi connectivity index (χ0) is 33.8. The lowest BCUT2D eigenvalue weighted by molar-refractivity contribution is -0.0704. The second kappa shape index (κ2) is 11.7. The second-order valence-electron chi connectivity index (χ2n) is 13.6. The third-order valence-electron chi connectivity index (χ3n) is 10.8. The summed E-state index contributed by atoms with van der Waals surface area (Å²) in [4.78, 5) is 0. The first-order valence-corrected chi connectivity index (χ1v) is 17.7. The highest BCUT2D eigenvalue weighted by Crippen LogP contribution is 2.53. The average Bonchev–Trinajstić information content (AvgIpc) is 3.21. The quantitative estimate of drug-likeness (QED) is 0.174. The summed E-state index contributed by atoms with van der Waals surface area (Å²) in [6.45, 7) is 0. The molecule has 0 N–H and O–H groups in total. The minimum absolute atomic E-state index is 0.944. The fourth-order valence-corrected chi connectivity index (χ4v) is 8.40. The van der Waals surface area contributed by atoms with Crippen LogP contribution in [0.25, 0.3) is 56.0 Å². The van der Waals surface area contributed by atoms with Crippen LogP contribution in [-0.2, 0) is 15.9 Å². The highest BCUT2D eigenvalue weighted by molar-refractivity contribution is 5.98. The molecule has 240 valence electrons. The molecule has 0 spiro atoms. The van der Waals surface area contributed by atoms with Crippen molar-refractivity contribution in [1.82, 2.24) is 0 Å². The van der Waals surface area contributed by atoms with Crippen LogP contribution in [-0.4, -0.2) is 0 Å². The summed E-state index contributed by atoms with van der Waals surface area (Å²) >= 11 is 0. The molecule has 0 amide bonds. The van der Waals surface area contributed by atoms with Gasteiger partial charge in [-0.3, -0.25) is 0 Å². The van der Waals surface area contributed by atoms with E-state index in [1.54, 1.807) is 0 Å². The lowest BCUT2D eigenvalue weighted by Gasteiger charge is -2.46. The standard InChI is InChI=1S/C50H34O/c1-3-13-35(14-4-1)41-23-9-25-43(33-41)49(31-29-39-19-7-17-37-21-11-27-45(49)47(37)39)51-50(44-26-10-24-42(34-44)36-15-5-2-6-16-36)32-30-40-20-8-18-38-22-12-28-46(50)48(38)40/h1-34H. The van der Waals surface area contributed by atoms with E-state index in [0.29, 0.717) is 0 Å². The summed E-state index contributed by atoms with van der Waals surface area (Å²) in [5, 5.41) is 4.85. The Morgan fingerprint density at radius 3 is 1.18 bits per heavy atom. The van der Waals surface area contributed by atoms with Gasteiger partial charge < -0.3 is 4.74 Å². The summed E-state index contributed by atoms with van der Waals surface area (Å²) in [7, 11) is 0. The molecule has 0 aliphatic heterocycles. The van der Waals surface area contributed by atoms with Crippen LogP contribution >= 0.6 is 0 Å². The highest BCUT2D eigenvalue weighted by Gasteiger charge is 2.47. The largest absolute Gasteiger partial charge is 0.341 e. The van der Waals surface area contributed by atoms with E-state index in [1.807, 2.05) is 0 Å². The Kier molecular flexibility index (Phi) is 6.77. The van der Waals surface area contributed by atoms with E-state index in [-0.39, 0.29) is 0 Å². The number of hydrogen-bond donors (Lipinski definition) is 0. The second-order valence-corrected chi connectivity index (χ2v) is 13.6. The summed E-state index contributed by atoms with van der Waals surface area (Å²) < 4.78 is 8.18. The van der Waals surface area contributed by atoms with Gasteiger partial charge >= 0.3 is 0 Å². The Labute approximate surface area is 298 Å². The summed E-state index contributed by atoms with van der Waals surface area (Å²) in [5.74, 6) is 0. The molecule has 2 atom stereocenters. The maximum atomic E-state index is 8.18. The Morgan fingerprint density at radius 2 is 0.725 bits per heavy atom. The lowest BCUT2D eigenvalue weighted by Crippen LogP contribution is -2.42. The third-order valence-corrected chi connectivity index (χ3v) is 10.8. The fraction of sp³-hybridized carbons (Fsp3) is 0.0400. The van der Waals surface area contributed by atoms with Crippen molar-refractivity contribution in [2.75, 3.05) is 0 Å². The zero-order valence-electron chi connectivity index (χ0n) is 28.0. The molecule has 0 saturated carbocycles. The van der Waals surface area contributed by atoms with Crippen molar-refractivity contribution in [2.24, 2.45) is 0 Å². The molecule has 2 aliphatic rings. The number of rotatable bonds is 6. The monoisotopic (exact) mass is 650 g/mol. The van der Waals surface area contributed by atoms with Crippen LogP contribution in [0.3, 0.4) is 0 Å². The summed E-state index contributed by atoms with van der Waals surface area (Å²) in [5.41, 5.74) is 9.62. The van der Waals surface area contributed by atoms with E-state index in [9.17, 15) is 0 Å². The predicted molar refractivity (Wildman–Crippen MR) is 212 cm³/mol. The van der Waals surface area contributed by atoms with Gasteiger partial charge in [0.25, 0.3) is 0 Å². The smallest absolute Gasteiger partial charge is 0.139 e. The molecule has 10 rings (SSSR count). The molecule has 8 aromatic rings. The topological polar surface area (TPSA) is 9.23 Å². The van der Waals surface area contributed by atoms with E-state index >= 15 is 0 Å². The molecule has 51 heavy (non-hydrogen) atoms. The van der Waals surface area contributed by atoms with Gasteiger partial charge in [-0.1, -0.05) is 182 Å². The molecule has 0 fully saturated rings. The molecule has 0 saturated heterocycles. The van der Waals surface area contributed by atoms with Crippen LogP contribution in [0.5, 0.6) is 0 Å². The molecule has 0 bridgehead atoms. The van der Waals surface area contributed by atoms with Crippen LogP contribution in [0, 0.1) is 0 Å². The molecule has 2 aliphatic carbocycles. The van der Waals surface area contributed by atoms with E-state index in [2.05, 4.69) is 206 Å². The van der Waals surface area contributed by atoms with Crippen molar-refractivity contribution in [3.8, 4) is 22.3 Å². The van der Waals surface area contributed by atoms with Crippen molar-refractivity contribution in [3.05, 3.63) is 228 Å². The Balaban J connectivity index is 1.29. The van der Waals surface area contributed by atoms with Gasteiger partial charge in [-0.2, -0.15) is 0 Å². The minimum atomic E-state index is -0.944. The summed E-state index contributed by atoms with van der Waals surface area (Å²) in [6.07, 6.45) is 9.12. The van der Waals surface area contributed by atoms with Gasteiger partial charge in [0.1, 0.15) is 11.2 Å². The van der Waals surface area contributed by atoms with Crippen LogP contribution in [0.4, 0.5) is 0 Å². The van der Waals surface area contributed by atoms with Gasteiger partial charge in [0.05, 0.1) is 0 Å². The van der Waals surface area contributed by atoms with E-state index in [4.69, 9.17) is 4.74 Å². The molecule has 0 aromatic heterocycles. The molecule has 8 aromatic carbocycles. The normalized spacial score (nSPS) is 18.7. The first-order chi connectivity index (χ1) is 25.2. The number of ether oxygens (including phenoxy) is 1. The third kappa shape index (κ3) is 4.66. The molecular formula is C50H34O. The van der Waals surface area contributed by atoms with E-state index in [1.165, 1.54) is 43.8 Å². The van der Waals surface area contributed by atoms with Crippen molar-refractivity contribution in [3.63, 3.8) is 0 Å². The van der Waals surface area contributed by atoms with Crippen LogP contribution < -0.4 is 0 Å². The van der Waals surface area contributed by atoms with Gasteiger partial charge in [-0.15, -0.1) is 0 Å². The average molecular weight is 651 g/mol. The SMILES string of the molecule is C1=CC(OC2(c3cccc(-c4ccccc4)c3)C=Cc3cccc4cccc2c34)(c2cccc(-c3ccccc3)c2)c2cccc3cccc1c23. The molecule has 1 nitrogen and oxygen atoms in total. The van der Waals surface area contributed by atoms with Gasteiger partial charge in [0.2, 0.25) is 0 Å². The van der Waals surface area contributed by atoms with Gasteiger partial charge in [0, 0.05) is 11.1 Å². The first kappa shape index (κ1) is 29.6. The molecule has 1 heteroatoms. The number of benzene rings is 8. The van der Waals surface area contributed by atoms with Crippen LogP contribution in [0.2, 0.25) is 0 Å². The van der Waals surface area contributed by atoms with Crippen molar-refractivity contribution >= 4 is 33.7 Å². The van der Waals surface area contributed by atoms with E-state index in [0.717, 1.165) is 33.4 Å². The van der Waals surface area contributed by atoms with Crippen LogP contribution in [0.1, 0.15) is 33.4 Å². The molecule has 0 heterocycles. The van der Waals surface area contributed by atoms with Gasteiger partial charge in [-0.05, 0) is 90.3 Å². The summed E-state index contributed by atoms with van der Waals surface area (Å²) in [6, 6.07) is 65.6. The lowest BCUT2D eigenvalue weighted by atomic mass is 9.74. The maximum absolute atomic E-state index is 8.18. The van der Waals surface area contributed by atoms with Crippen molar-refractivity contribution in [1.29, 1.82) is 0 Å². The maximum Gasteiger partial charge on any atom is 0.139 e. The minimum Gasteiger partial charge on any atom is -0.341 e. The number of hydrogen-bond acceptors (Lipinski definition) is 1. The Bertz CT molecular complexity index is 2470. The van der Waals surface area contributed by atoms with Crippen molar-refractivity contribution < 1.29 is 4.74 Å². The van der Waals surface area contributed by atoms with Crippen molar-refractivity contribution in [2.45, 2.75) is 11.2 Å². The predicted octanol–water partition coefficient (Wildman–Crippen LogP) is 12.6. The Morgan fingerprint density at radius 1 is 0.333 bits per heavy atom. The van der Waals surface area contributed by atoms with Crippen LogP contribution in [0.15, 0.2) is 194 Å². The fourth-order valence-electron chi connectivity index (χ4n) is 8.40.